The first-order valence-corrected chi connectivity index (χ1v) is 14.6. The van der Waals surface area contributed by atoms with E-state index in [1.807, 2.05) is 22.6 Å². The van der Waals surface area contributed by atoms with E-state index in [0.717, 1.165) is 10.4 Å². The van der Waals surface area contributed by atoms with Crippen molar-refractivity contribution in [1.29, 1.82) is 0 Å². The zero-order valence-corrected chi connectivity index (χ0v) is 25.5. The van der Waals surface area contributed by atoms with Crippen molar-refractivity contribution in [1.82, 2.24) is 14.8 Å². The minimum atomic E-state index is -4.62. The minimum absolute atomic E-state index is 0.0765. The van der Waals surface area contributed by atoms with Gasteiger partial charge in [-0.05, 0) is 85.8 Å². The van der Waals surface area contributed by atoms with Gasteiger partial charge in [-0.1, -0.05) is 23.2 Å². The van der Waals surface area contributed by atoms with Crippen LogP contribution in [0.25, 0.3) is 16.7 Å². The molecule has 0 fully saturated rings. The molecule has 2 aromatic carbocycles. The molecular formula is C25H20Cl2F3IN4O4S. The van der Waals surface area contributed by atoms with Crippen molar-refractivity contribution >= 4 is 78.4 Å². The van der Waals surface area contributed by atoms with Gasteiger partial charge in [-0.15, -0.1) is 5.10 Å². The molecule has 0 aliphatic rings. The lowest BCUT2D eigenvalue weighted by molar-refractivity contribution is -0.152. The smallest absolute Gasteiger partial charge is 0.418 e. The van der Waals surface area contributed by atoms with E-state index >= 15 is 0 Å². The summed E-state index contributed by atoms with van der Waals surface area (Å²) in [5.41, 5.74) is -1.32. The van der Waals surface area contributed by atoms with Gasteiger partial charge in [0.25, 0.3) is 10.0 Å². The number of carbonyl (C=O) groups excluding carboxylic acids is 1. The predicted molar refractivity (Wildman–Crippen MR) is 153 cm³/mol. The van der Waals surface area contributed by atoms with Crippen LogP contribution in [0.4, 0.5) is 18.9 Å². The molecule has 0 unspecified atom stereocenters. The quantitative estimate of drug-likeness (QED) is 0.159. The number of anilines is 1. The minimum Gasteiger partial charge on any atom is -0.459 e. The lowest BCUT2D eigenvalue weighted by atomic mass is 10.2. The van der Waals surface area contributed by atoms with Crippen LogP contribution in [0.5, 0.6) is 0 Å². The van der Waals surface area contributed by atoms with E-state index < -0.39 is 39.9 Å². The lowest BCUT2D eigenvalue weighted by Crippen LogP contribution is -2.39. The topological polar surface area (TPSA) is 94.4 Å². The van der Waals surface area contributed by atoms with Crippen LogP contribution < -0.4 is 4.31 Å². The van der Waals surface area contributed by atoms with Crippen LogP contribution in [0.1, 0.15) is 26.3 Å². The Bertz CT molecular complexity index is 1700. The Morgan fingerprint density at radius 3 is 2.33 bits per heavy atom. The molecule has 212 valence electrons. The summed E-state index contributed by atoms with van der Waals surface area (Å²) in [5.74, 6) is -0.891. The summed E-state index contributed by atoms with van der Waals surface area (Å²) in [5, 5.41) is 7.95. The standard InChI is InChI=1S/C25H20Cl2F3IN4O4S/c1-24(2,3)39-23(36)13-35(40(37,38)18-8-15(26)7-16(27)9-18)17-4-5-21-19(10-17)20(31)12-34(21)22-6-14(11-32-33-22)25(28,29)30/h4-12H,13H2,1-3H3. The molecule has 0 bridgehead atoms. The van der Waals surface area contributed by atoms with E-state index in [1.165, 1.54) is 41.0 Å². The van der Waals surface area contributed by atoms with Crippen molar-refractivity contribution in [2.45, 2.75) is 37.4 Å². The maximum Gasteiger partial charge on any atom is 0.418 e. The Kier molecular flexibility index (Phi) is 8.33. The molecule has 0 atom stereocenters. The molecular weight excluding hydrogens is 707 g/mol. The van der Waals surface area contributed by atoms with E-state index in [9.17, 15) is 26.4 Å². The molecule has 0 aliphatic heterocycles. The average Bonchev–Trinajstić information content (AvgIpc) is 3.16. The van der Waals surface area contributed by atoms with Crippen molar-refractivity contribution in [3.63, 3.8) is 0 Å². The highest BCUT2D eigenvalue weighted by Crippen LogP contribution is 2.34. The number of benzene rings is 2. The summed E-state index contributed by atoms with van der Waals surface area (Å²) in [6.07, 6.45) is -2.45. The van der Waals surface area contributed by atoms with Gasteiger partial charge < -0.3 is 4.74 Å². The van der Waals surface area contributed by atoms with Gasteiger partial charge in [-0.2, -0.15) is 18.3 Å². The summed E-state index contributed by atoms with van der Waals surface area (Å²) < 4.78 is 75.6. The normalized spacial score (nSPS) is 12.5. The second kappa shape index (κ2) is 11.0. The van der Waals surface area contributed by atoms with Crippen molar-refractivity contribution in [3.05, 3.63) is 74.0 Å². The third-order valence-corrected chi connectivity index (χ3v) is 8.41. The first-order valence-electron chi connectivity index (χ1n) is 11.4. The third kappa shape index (κ3) is 6.64. The molecule has 0 saturated heterocycles. The van der Waals surface area contributed by atoms with E-state index in [4.69, 9.17) is 27.9 Å². The lowest BCUT2D eigenvalue weighted by Gasteiger charge is -2.26. The number of hydrogen-bond donors (Lipinski definition) is 0. The van der Waals surface area contributed by atoms with Crippen LogP contribution in [0, 0.1) is 3.57 Å². The van der Waals surface area contributed by atoms with Gasteiger partial charge in [0, 0.05) is 25.2 Å². The monoisotopic (exact) mass is 726 g/mol. The van der Waals surface area contributed by atoms with Gasteiger partial charge in [0.1, 0.15) is 12.1 Å². The molecule has 40 heavy (non-hydrogen) atoms. The molecule has 8 nitrogen and oxygen atoms in total. The Hall–Kier alpha value is -2.62. The Morgan fingerprint density at radius 2 is 1.73 bits per heavy atom. The fraction of sp³-hybridized carbons (Fsp3) is 0.240. The van der Waals surface area contributed by atoms with Crippen molar-refractivity contribution in [2.24, 2.45) is 0 Å². The van der Waals surface area contributed by atoms with Crippen molar-refractivity contribution in [2.75, 3.05) is 10.8 Å². The predicted octanol–water partition coefficient (Wildman–Crippen LogP) is 6.89. The van der Waals surface area contributed by atoms with Crippen molar-refractivity contribution in [3.8, 4) is 5.82 Å². The second-order valence-electron chi connectivity index (χ2n) is 9.55. The highest BCUT2D eigenvalue weighted by molar-refractivity contribution is 14.1. The molecule has 0 radical (unpaired) electrons. The molecule has 0 amide bonds. The SMILES string of the molecule is CC(C)(C)OC(=O)CN(c1ccc2c(c1)c(I)cn2-c1cc(C(F)(F)F)cnn1)S(=O)(=O)c1cc(Cl)cc(Cl)c1. The number of halogens is 6. The maximum atomic E-state index is 13.8. The van der Waals surface area contributed by atoms with E-state index in [2.05, 4.69) is 10.2 Å². The van der Waals surface area contributed by atoms with E-state index in [0.29, 0.717) is 20.7 Å². The van der Waals surface area contributed by atoms with Crippen LogP contribution in [0.2, 0.25) is 10.0 Å². The number of rotatable bonds is 6. The Balaban J connectivity index is 1.85. The fourth-order valence-corrected chi connectivity index (χ4v) is 6.60. The molecule has 4 aromatic rings. The number of aromatic nitrogens is 3. The number of hydrogen-bond acceptors (Lipinski definition) is 6. The van der Waals surface area contributed by atoms with Gasteiger partial charge >= 0.3 is 12.1 Å². The Morgan fingerprint density at radius 1 is 1.07 bits per heavy atom. The number of esters is 1. The summed E-state index contributed by atoms with van der Waals surface area (Å²) in [6.45, 7) is 4.27. The van der Waals surface area contributed by atoms with Gasteiger partial charge in [0.2, 0.25) is 0 Å². The molecule has 2 heterocycles. The molecule has 0 aliphatic carbocycles. The highest BCUT2D eigenvalue weighted by atomic mass is 127. The van der Waals surface area contributed by atoms with Crippen LogP contribution in [0.15, 0.2) is 59.8 Å². The van der Waals surface area contributed by atoms with Crippen LogP contribution in [-0.2, 0) is 25.7 Å². The fourth-order valence-electron chi connectivity index (χ4n) is 3.76. The highest BCUT2D eigenvalue weighted by Gasteiger charge is 2.33. The van der Waals surface area contributed by atoms with Crippen LogP contribution in [0.3, 0.4) is 0 Å². The summed E-state index contributed by atoms with van der Waals surface area (Å²) >= 11 is 14.1. The maximum absolute atomic E-state index is 13.8. The third-order valence-electron chi connectivity index (χ3n) is 5.36. The number of sulfonamides is 1. The van der Waals surface area contributed by atoms with Crippen LogP contribution >= 0.6 is 45.8 Å². The van der Waals surface area contributed by atoms with E-state index in [-0.39, 0.29) is 26.4 Å². The average molecular weight is 727 g/mol. The largest absolute Gasteiger partial charge is 0.459 e. The first kappa shape index (κ1) is 30.3. The van der Waals surface area contributed by atoms with Gasteiger partial charge in [-0.25, -0.2) is 8.42 Å². The number of carbonyl (C=O) groups is 1. The summed E-state index contributed by atoms with van der Waals surface area (Å²) in [7, 11) is -4.39. The number of alkyl halides is 3. The molecule has 0 spiro atoms. The first-order chi connectivity index (χ1) is 18.5. The van der Waals surface area contributed by atoms with Gasteiger partial charge in [0.05, 0.1) is 27.9 Å². The number of fused-ring (bicyclic) bond motifs is 1. The van der Waals surface area contributed by atoms with Crippen LogP contribution in [-0.4, -0.2) is 41.3 Å². The van der Waals surface area contributed by atoms with E-state index in [1.54, 1.807) is 27.0 Å². The number of ether oxygens (including phenoxy) is 1. The molecule has 4 rings (SSSR count). The zero-order chi connectivity index (χ0) is 29.6. The molecule has 0 N–H and O–H groups in total. The van der Waals surface area contributed by atoms with Gasteiger partial charge in [-0.3, -0.25) is 13.7 Å². The zero-order valence-electron chi connectivity index (χ0n) is 21.0. The molecule has 2 aromatic heterocycles. The van der Waals surface area contributed by atoms with Gasteiger partial charge in [0.15, 0.2) is 5.82 Å². The Labute approximate surface area is 251 Å². The molecule has 0 saturated carbocycles. The second-order valence-corrected chi connectivity index (χ2v) is 13.4. The van der Waals surface area contributed by atoms with Crippen molar-refractivity contribution < 1.29 is 31.1 Å². The molecule has 15 heteroatoms. The summed E-state index contributed by atoms with van der Waals surface area (Å²) in [6, 6.07) is 9.07. The number of nitrogens with zero attached hydrogens (tertiary/aromatic N) is 4. The summed E-state index contributed by atoms with van der Waals surface area (Å²) in [4.78, 5) is 12.5.